The molecule has 22 heavy (non-hydrogen) atoms. The van der Waals surface area contributed by atoms with E-state index in [9.17, 15) is 0 Å². The number of hydrogen-bond donors (Lipinski definition) is 1. The number of rotatable bonds is 4. The van der Waals surface area contributed by atoms with Crippen LogP contribution in [0.1, 0.15) is 31.2 Å². The molecule has 2 aromatic rings. The standard InChI is InChI=1S/C18H21NO2.ClH/c1-2-4-18(14-7-8-20-11-14)13(3-1)12-21-17-9-15-5-6-16(10-17)19-15;/h1-4,7-8,11,15-17,19H,5-6,9-10,12H2;1H/t15-,16+,17?;. The monoisotopic (exact) mass is 319 g/mol. The van der Waals surface area contributed by atoms with Crippen LogP contribution in [0.2, 0.25) is 0 Å². The maximum absolute atomic E-state index is 6.22. The summed E-state index contributed by atoms with van der Waals surface area (Å²) in [5.74, 6) is 0. The van der Waals surface area contributed by atoms with E-state index in [2.05, 4.69) is 29.6 Å². The van der Waals surface area contributed by atoms with Crippen LogP contribution < -0.4 is 5.32 Å². The fourth-order valence-electron chi connectivity index (χ4n) is 3.69. The topological polar surface area (TPSA) is 34.4 Å². The molecule has 3 atom stereocenters. The molecule has 2 saturated heterocycles. The van der Waals surface area contributed by atoms with Crippen molar-refractivity contribution in [3.8, 4) is 11.1 Å². The van der Waals surface area contributed by atoms with Crippen molar-refractivity contribution < 1.29 is 9.15 Å². The maximum Gasteiger partial charge on any atom is 0.0981 e. The van der Waals surface area contributed by atoms with Gasteiger partial charge in [-0.05, 0) is 42.9 Å². The molecular weight excluding hydrogens is 298 g/mol. The van der Waals surface area contributed by atoms with E-state index >= 15 is 0 Å². The summed E-state index contributed by atoms with van der Waals surface area (Å²) in [6.07, 6.45) is 8.86. The smallest absolute Gasteiger partial charge is 0.0981 e. The molecule has 4 rings (SSSR count). The van der Waals surface area contributed by atoms with Gasteiger partial charge in [0.2, 0.25) is 0 Å². The number of ether oxygens (including phenoxy) is 1. The second kappa shape index (κ2) is 6.86. The van der Waals surface area contributed by atoms with Gasteiger partial charge in [0.1, 0.15) is 0 Å². The molecule has 1 aromatic heterocycles. The van der Waals surface area contributed by atoms with E-state index in [1.54, 1.807) is 12.5 Å². The van der Waals surface area contributed by atoms with Crippen LogP contribution >= 0.6 is 12.4 Å². The third kappa shape index (κ3) is 3.22. The largest absolute Gasteiger partial charge is 0.472 e. The van der Waals surface area contributed by atoms with Crippen LogP contribution in [0.15, 0.2) is 47.3 Å². The summed E-state index contributed by atoms with van der Waals surface area (Å²) in [6.45, 7) is 0.686. The number of piperidine rings is 1. The van der Waals surface area contributed by atoms with Crippen LogP contribution in [0.4, 0.5) is 0 Å². The summed E-state index contributed by atoms with van der Waals surface area (Å²) in [6, 6.07) is 11.8. The molecule has 0 saturated carbocycles. The van der Waals surface area contributed by atoms with Crippen LogP contribution in [0.3, 0.4) is 0 Å². The lowest BCUT2D eigenvalue weighted by Crippen LogP contribution is -2.41. The van der Waals surface area contributed by atoms with Crippen molar-refractivity contribution in [1.82, 2.24) is 5.32 Å². The maximum atomic E-state index is 6.22. The molecule has 4 heteroatoms. The predicted molar refractivity (Wildman–Crippen MR) is 89.1 cm³/mol. The minimum Gasteiger partial charge on any atom is -0.472 e. The SMILES string of the molecule is Cl.c1ccc(-c2ccoc2)c(COC2C[C@H]3CC[C@@H](C2)N3)c1. The van der Waals surface area contributed by atoms with E-state index in [0.29, 0.717) is 24.8 Å². The molecule has 0 aliphatic carbocycles. The van der Waals surface area contributed by atoms with Crippen molar-refractivity contribution in [2.75, 3.05) is 0 Å². The molecular formula is C18H22ClNO2. The van der Waals surface area contributed by atoms with Gasteiger partial charge in [0.05, 0.1) is 25.2 Å². The van der Waals surface area contributed by atoms with Crippen LogP contribution in [0.5, 0.6) is 0 Å². The first-order valence-corrected chi connectivity index (χ1v) is 7.86. The van der Waals surface area contributed by atoms with Gasteiger partial charge in [-0.2, -0.15) is 0 Å². The highest BCUT2D eigenvalue weighted by Gasteiger charge is 2.33. The molecule has 3 heterocycles. The van der Waals surface area contributed by atoms with Gasteiger partial charge in [-0.15, -0.1) is 12.4 Å². The highest BCUT2D eigenvalue weighted by atomic mass is 35.5. The molecule has 118 valence electrons. The molecule has 0 spiro atoms. The summed E-state index contributed by atoms with van der Waals surface area (Å²) < 4.78 is 11.4. The van der Waals surface area contributed by atoms with Crippen LogP contribution in [0.25, 0.3) is 11.1 Å². The number of benzene rings is 1. The zero-order valence-corrected chi connectivity index (χ0v) is 13.4. The van der Waals surface area contributed by atoms with E-state index in [4.69, 9.17) is 9.15 Å². The highest BCUT2D eigenvalue weighted by Crippen LogP contribution is 2.30. The third-order valence-electron chi connectivity index (χ3n) is 4.75. The van der Waals surface area contributed by atoms with Gasteiger partial charge in [0.15, 0.2) is 0 Å². The molecule has 3 nitrogen and oxygen atoms in total. The normalized spacial score (nSPS) is 26.6. The highest BCUT2D eigenvalue weighted by molar-refractivity contribution is 5.85. The molecule has 1 unspecified atom stereocenters. The number of furan rings is 1. The van der Waals surface area contributed by atoms with E-state index in [1.165, 1.54) is 24.0 Å². The van der Waals surface area contributed by atoms with Gasteiger partial charge in [-0.3, -0.25) is 0 Å². The molecule has 2 bridgehead atoms. The van der Waals surface area contributed by atoms with Gasteiger partial charge in [-0.1, -0.05) is 24.3 Å². The van der Waals surface area contributed by atoms with E-state index in [1.807, 2.05) is 6.07 Å². The summed E-state index contributed by atoms with van der Waals surface area (Å²) in [7, 11) is 0. The second-order valence-corrected chi connectivity index (χ2v) is 6.21. The summed E-state index contributed by atoms with van der Waals surface area (Å²) in [5.41, 5.74) is 3.58. The molecule has 1 aromatic carbocycles. The fraction of sp³-hybridized carbons (Fsp3) is 0.444. The predicted octanol–water partition coefficient (Wildman–Crippen LogP) is 4.17. The Morgan fingerprint density at radius 1 is 1.09 bits per heavy atom. The Morgan fingerprint density at radius 3 is 2.59 bits per heavy atom. The van der Waals surface area contributed by atoms with Crippen molar-refractivity contribution in [2.24, 2.45) is 0 Å². The molecule has 0 amide bonds. The Labute approximate surface area is 137 Å². The summed E-state index contributed by atoms with van der Waals surface area (Å²) in [4.78, 5) is 0. The molecule has 0 radical (unpaired) electrons. The second-order valence-electron chi connectivity index (χ2n) is 6.21. The summed E-state index contributed by atoms with van der Waals surface area (Å²) in [5, 5.41) is 3.66. The number of hydrogen-bond acceptors (Lipinski definition) is 3. The Morgan fingerprint density at radius 2 is 1.86 bits per heavy atom. The number of nitrogens with one attached hydrogen (secondary N) is 1. The Balaban J connectivity index is 0.00000144. The minimum absolute atomic E-state index is 0. The Kier molecular flexibility index (Phi) is 4.87. The number of halogens is 1. The van der Waals surface area contributed by atoms with Gasteiger partial charge in [0, 0.05) is 17.6 Å². The first kappa shape index (κ1) is 15.6. The average molecular weight is 320 g/mol. The van der Waals surface area contributed by atoms with E-state index < -0.39 is 0 Å². The van der Waals surface area contributed by atoms with Crippen molar-refractivity contribution in [1.29, 1.82) is 0 Å². The fourth-order valence-corrected chi connectivity index (χ4v) is 3.69. The van der Waals surface area contributed by atoms with Gasteiger partial charge in [-0.25, -0.2) is 0 Å². The Bertz CT molecular complexity index is 587. The minimum atomic E-state index is 0. The van der Waals surface area contributed by atoms with Gasteiger partial charge >= 0.3 is 0 Å². The molecule has 2 aliphatic heterocycles. The van der Waals surface area contributed by atoms with E-state index in [-0.39, 0.29) is 12.4 Å². The Hall–Kier alpha value is -1.29. The van der Waals surface area contributed by atoms with Crippen LogP contribution in [0, 0.1) is 0 Å². The third-order valence-corrected chi connectivity index (χ3v) is 4.75. The van der Waals surface area contributed by atoms with Gasteiger partial charge in [0.25, 0.3) is 0 Å². The van der Waals surface area contributed by atoms with Crippen molar-refractivity contribution >= 4 is 12.4 Å². The zero-order chi connectivity index (χ0) is 14.1. The van der Waals surface area contributed by atoms with Crippen LogP contribution in [-0.2, 0) is 11.3 Å². The average Bonchev–Trinajstić information content (AvgIpc) is 3.15. The van der Waals surface area contributed by atoms with Crippen LogP contribution in [-0.4, -0.2) is 18.2 Å². The zero-order valence-electron chi connectivity index (χ0n) is 12.5. The summed E-state index contributed by atoms with van der Waals surface area (Å²) >= 11 is 0. The number of fused-ring (bicyclic) bond motifs is 2. The van der Waals surface area contributed by atoms with Crippen molar-refractivity contribution in [3.63, 3.8) is 0 Å². The molecule has 1 N–H and O–H groups in total. The lowest BCUT2D eigenvalue weighted by atomic mass is 10.0. The van der Waals surface area contributed by atoms with Crippen molar-refractivity contribution in [3.05, 3.63) is 48.4 Å². The lowest BCUT2D eigenvalue weighted by molar-refractivity contribution is 0.00937. The van der Waals surface area contributed by atoms with E-state index in [0.717, 1.165) is 18.4 Å². The first-order chi connectivity index (χ1) is 10.4. The molecule has 2 aliphatic rings. The first-order valence-electron chi connectivity index (χ1n) is 7.86. The van der Waals surface area contributed by atoms with Gasteiger partial charge < -0.3 is 14.5 Å². The molecule has 2 fully saturated rings. The van der Waals surface area contributed by atoms with Crippen molar-refractivity contribution in [2.45, 2.75) is 50.5 Å². The quantitative estimate of drug-likeness (QED) is 0.918. The lowest BCUT2D eigenvalue weighted by Gasteiger charge is -2.29.